The lowest BCUT2D eigenvalue weighted by Crippen LogP contribution is -2.61. The molecule has 0 saturated carbocycles. The van der Waals surface area contributed by atoms with Crippen LogP contribution < -0.4 is 32.7 Å². The predicted molar refractivity (Wildman–Crippen MR) is 198 cm³/mol. The quantitative estimate of drug-likeness (QED) is 0.0641. The van der Waals surface area contributed by atoms with E-state index >= 15 is 0 Å². The number of primary amides is 1. The number of carboxylic acid groups (broad SMARTS) is 1. The van der Waals surface area contributed by atoms with Gasteiger partial charge in [0, 0.05) is 13.0 Å². The summed E-state index contributed by atoms with van der Waals surface area (Å²) in [5.41, 5.74) is 12.5. The first-order chi connectivity index (χ1) is 25.5. The monoisotopic (exact) mass is 797 g/mol. The third kappa shape index (κ3) is 15.3. The second-order valence-electron chi connectivity index (χ2n) is 14.7. The molecule has 2 rings (SSSR count). The highest BCUT2D eigenvalue weighted by Crippen LogP contribution is 2.39. The lowest BCUT2D eigenvalue weighted by molar-refractivity contribution is -0.144. The third-order valence-electron chi connectivity index (χ3n) is 8.97. The third-order valence-corrected chi connectivity index (χ3v) is 9.75. The Morgan fingerprint density at radius 2 is 1.44 bits per heavy atom. The maximum atomic E-state index is 13.9. The van der Waals surface area contributed by atoms with Crippen molar-refractivity contribution in [1.29, 1.82) is 0 Å². The van der Waals surface area contributed by atoms with Gasteiger partial charge in [0.2, 0.25) is 35.4 Å². The van der Waals surface area contributed by atoms with Crippen LogP contribution in [0.2, 0.25) is 0 Å². The first-order valence-electron chi connectivity index (χ1n) is 18.1. The van der Waals surface area contributed by atoms with Gasteiger partial charge in [0.25, 0.3) is 0 Å². The lowest BCUT2D eigenvalue weighted by atomic mass is 10.00. The van der Waals surface area contributed by atoms with Crippen LogP contribution in [0.15, 0.2) is 24.3 Å². The molecule has 6 amide bonds. The average Bonchev–Trinajstić information content (AvgIpc) is 3.56. The summed E-state index contributed by atoms with van der Waals surface area (Å²) in [5, 5.41) is 29.6. The van der Waals surface area contributed by atoms with Crippen LogP contribution in [-0.2, 0) is 50.7 Å². The van der Waals surface area contributed by atoms with E-state index in [1.54, 1.807) is 26.0 Å². The maximum absolute atomic E-state index is 13.9. The number of carbonyl (C=O) groups excluding carboxylic acids is 6. The van der Waals surface area contributed by atoms with E-state index in [0.29, 0.717) is 17.5 Å². The summed E-state index contributed by atoms with van der Waals surface area (Å²) in [5.74, 6) is -6.65. The summed E-state index contributed by atoms with van der Waals surface area (Å²) in [6.07, 6.45) is -1.73. The van der Waals surface area contributed by atoms with Gasteiger partial charge in [-0.25, -0.2) is 4.79 Å². The zero-order chi connectivity index (χ0) is 41.8. The number of nitrogens with zero attached hydrogens (tertiary/aromatic N) is 1. The van der Waals surface area contributed by atoms with Gasteiger partial charge in [-0.1, -0.05) is 52.0 Å². The van der Waals surface area contributed by atoms with E-state index in [4.69, 9.17) is 11.5 Å². The maximum Gasteiger partial charge on any atom is 0.329 e. The molecule has 0 aliphatic carbocycles. The van der Waals surface area contributed by atoms with Gasteiger partial charge in [-0.05, 0) is 62.0 Å². The number of aliphatic hydroxyl groups excluding tert-OH is 1. The number of nitrogens with two attached hydrogens (primary N) is 2. The van der Waals surface area contributed by atoms with Crippen molar-refractivity contribution in [3.8, 4) is 0 Å². The van der Waals surface area contributed by atoms with E-state index in [0.717, 1.165) is 0 Å². The number of benzene rings is 1. The molecule has 0 unspecified atom stereocenters. The van der Waals surface area contributed by atoms with Crippen LogP contribution >= 0.6 is 7.60 Å². The molecule has 1 fully saturated rings. The van der Waals surface area contributed by atoms with Crippen LogP contribution in [0, 0.1) is 11.8 Å². The molecule has 7 atom stereocenters. The fraction of sp³-hybridized carbons (Fsp3) is 0.629. The normalized spacial score (nSPS) is 17.7. The Labute approximate surface area is 319 Å². The number of hydrogen-bond donors (Lipinski definition) is 10. The van der Waals surface area contributed by atoms with E-state index in [1.165, 1.54) is 24.0 Å². The van der Waals surface area contributed by atoms with Crippen LogP contribution in [0.5, 0.6) is 0 Å². The van der Waals surface area contributed by atoms with E-state index in [2.05, 4.69) is 21.3 Å². The van der Waals surface area contributed by atoms with Gasteiger partial charge in [-0.15, -0.1) is 0 Å². The first kappa shape index (κ1) is 46.7. The van der Waals surface area contributed by atoms with Gasteiger partial charge in [0.1, 0.15) is 30.2 Å². The molecule has 308 valence electrons. The standard InChI is InChI=1S/C35H56N7O12P/c1-18(2)15-25(39-30(45)23(36)16-21-8-10-22(11-9-21)17-55(52,53)54)34(49)42-14-6-7-26(42)32(47)38-24(12-13-27(37)44)31(46)41-29(20(5)43)33(48)40-28(19(3)4)35(50)51/h8-11,18-20,23-26,28-29,43H,6-7,12-17,36H2,1-5H3,(H2,37,44)(H,38,47)(H,39,45)(H,40,48)(H,41,46)(H,50,51)(H2,52,53,54)/t20-,23+,24+,25+,26+,28+,29+/m1/s1. The van der Waals surface area contributed by atoms with Crippen molar-refractivity contribution >= 4 is 49.0 Å². The number of nitrogens with one attached hydrogen (secondary N) is 4. The first-order valence-corrected chi connectivity index (χ1v) is 19.9. The molecule has 1 heterocycles. The molecular weight excluding hydrogens is 741 g/mol. The summed E-state index contributed by atoms with van der Waals surface area (Å²) in [7, 11) is -4.26. The Morgan fingerprint density at radius 3 is 1.95 bits per heavy atom. The summed E-state index contributed by atoms with van der Waals surface area (Å²) in [4.78, 5) is 110. The van der Waals surface area contributed by atoms with Gasteiger partial charge < -0.3 is 57.6 Å². The van der Waals surface area contributed by atoms with Crippen molar-refractivity contribution < 1.29 is 58.1 Å². The molecule has 1 aromatic rings. The zero-order valence-corrected chi connectivity index (χ0v) is 32.7. The van der Waals surface area contributed by atoms with Crippen LogP contribution in [-0.4, -0.2) is 115 Å². The molecule has 0 bridgehead atoms. The molecule has 19 nitrogen and oxygen atoms in total. The molecule has 1 aliphatic heterocycles. The highest BCUT2D eigenvalue weighted by molar-refractivity contribution is 7.50. The van der Waals surface area contributed by atoms with Crippen LogP contribution in [0.1, 0.15) is 77.8 Å². The number of hydrogen-bond acceptors (Lipinski definition) is 10. The van der Waals surface area contributed by atoms with Crippen molar-refractivity contribution in [1.82, 2.24) is 26.2 Å². The Morgan fingerprint density at radius 1 is 0.855 bits per heavy atom. The highest BCUT2D eigenvalue weighted by atomic mass is 31.2. The smallest absolute Gasteiger partial charge is 0.329 e. The predicted octanol–water partition coefficient (Wildman–Crippen LogP) is -1.40. The molecule has 55 heavy (non-hydrogen) atoms. The largest absolute Gasteiger partial charge is 0.480 e. The van der Waals surface area contributed by atoms with Crippen molar-refractivity contribution in [2.75, 3.05) is 6.54 Å². The summed E-state index contributed by atoms with van der Waals surface area (Å²) >= 11 is 0. The van der Waals surface area contributed by atoms with Gasteiger partial charge in [0.05, 0.1) is 18.3 Å². The minimum atomic E-state index is -4.26. The second kappa shape index (κ2) is 21.0. The van der Waals surface area contributed by atoms with Gasteiger partial charge in [-0.2, -0.15) is 0 Å². The molecule has 0 aromatic heterocycles. The van der Waals surface area contributed by atoms with Gasteiger partial charge in [-0.3, -0.25) is 33.3 Å². The van der Waals surface area contributed by atoms with E-state index in [-0.39, 0.29) is 44.6 Å². The van der Waals surface area contributed by atoms with Crippen LogP contribution in [0.25, 0.3) is 0 Å². The fourth-order valence-electron chi connectivity index (χ4n) is 6.08. The number of carboxylic acids is 1. The van der Waals surface area contributed by atoms with Crippen molar-refractivity contribution in [2.45, 2.75) is 122 Å². The van der Waals surface area contributed by atoms with Gasteiger partial charge >= 0.3 is 13.6 Å². The number of carbonyl (C=O) groups is 7. The molecule has 0 spiro atoms. The number of aliphatic hydroxyl groups is 1. The Balaban J connectivity index is 2.21. The Hall–Kier alpha value is -4.42. The topological polar surface area (TPSA) is 321 Å². The summed E-state index contributed by atoms with van der Waals surface area (Å²) in [6.45, 7) is 8.14. The molecule has 12 N–H and O–H groups in total. The van der Waals surface area contributed by atoms with Gasteiger partial charge in [0.15, 0.2) is 0 Å². The second-order valence-corrected chi connectivity index (χ2v) is 16.3. The summed E-state index contributed by atoms with van der Waals surface area (Å²) < 4.78 is 11.3. The van der Waals surface area contributed by atoms with E-state index in [1.807, 2.05) is 13.8 Å². The molecule has 0 radical (unpaired) electrons. The molecule has 20 heteroatoms. The minimum absolute atomic E-state index is 0.0591. The molecule has 1 aromatic carbocycles. The zero-order valence-electron chi connectivity index (χ0n) is 31.8. The van der Waals surface area contributed by atoms with Crippen LogP contribution in [0.4, 0.5) is 0 Å². The Bertz CT molecular complexity index is 1580. The van der Waals surface area contributed by atoms with Crippen LogP contribution in [0.3, 0.4) is 0 Å². The Kier molecular flexibility index (Phi) is 17.9. The van der Waals surface area contributed by atoms with E-state index < -0.39 is 103 Å². The molecular formula is C35H56N7O12P. The van der Waals surface area contributed by atoms with E-state index in [9.17, 15) is 58.1 Å². The fourth-order valence-corrected chi connectivity index (χ4v) is 6.77. The highest BCUT2D eigenvalue weighted by Gasteiger charge is 2.40. The lowest BCUT2D eigenvalue weighted by Gasteiger charge is -2.31. The van der Waals surface area contributed by atoms with Crippen molar-refractivity contribution in [3.05, 3.63) is 35.4 Å². The average molecular weight is 798 g/mol. The minimum Gasteiger partial charge on any atom is -0.480 e. The molecule has 1 saturated heterocycles. The number of rotatable bonds is 21. The summed E-state index contributed by atoms with van der Waals surface area (Å²) in [6, 6.07) is -1.42. The number of amides is 6. The molecule has 1 aliphatic rings. The number of aliphatic carboxylic acids is 1. The van der Waals surface area contributed by atoms with Crippen molar-refractivity contribution in [3.63, 3.8) is 0 Å². The SMILES string of the molecule is CC(C)C[C@H](NC(=O)[C@@H](N)Cc1ccc(CP(=O)(O)O)cc1)C(=O)N1CCC[C@H]1C(=O)N[C@@H](CCC(N)=O)C(=O)N[C@H](C(=O)N[C@H](C(=O)O)C(C)C)[C@@H](C)O. The van der Waals surface area contributed by atoms with Crippen molar-refractivity contribution in [2.24, 2.45) is 23.3 Å². The number of likely N-dealkylation sites (tertiary alicyclic amines) is 1.